The Balaban J connectivity index is 0.000000791. The maximum Gasteiger partial charge on any atom is 0.00149 e. The molecule has 0 radical (unpaired) electrons. The quantitative estimate of drug-likeness (QED) is 0.627. The number of nitrogens with one attached hydrogen (secondary N) is 2. The van der Waals surface area contributed by atoms with Crippen molar-refractivity contribution < 1.29 is 0 Å². The number of hydrogen-bond acceptors (Lipinski definition) is 2. The summed E-state index contributed by atoms with van der Waals surface area (Å²) >= 11 is 0. The van der Waals surface area contributed by atoms with Gasteiger partial charge in [0.05, 0.1) is 0 Å². The van der Waals surface area contributed by atoms with Crippen LogP contribution in [0.25, 0.3) is 0 Å². The van der Waals surface area contributed by atoms with E-state index in [1.54, 1.807) is 0 Å². The van der Waals surface area contributed by atoms with E-state index in [1.165, 1.54) is 0 Å². The fraction of sp³-hybridized carbons (Fsp3) is 1.00. The van der Waals surface area contributed by atoms with Gasteiger partial charge < -0.3 is 10.6 Å². The second-order valence-electron chi connectivity index (χ2n) is 5.54. The van der Waals surface area contributed by atoms with Gasteiger partial charge in [0.2, 0.25) is 0 Å². The summed E-state index contributed by atoms with van der Waals surface area (Å²) in [7, 11) is 0. The molecule has 14 heavy (non-hydrogen) atoms. The van der Waals surface area contributed by atoms with E-state index in [9.17, 15) is 0 Å². The summed E-state index contributed by atoms with van der Waals surface area (Å²) < 4.78 is 0. The molecule has 0 unspecified atom stereocenters. The van der Waals surface area contributed by atoms with Gasteiger partial charge in [-0.3, -0.25) is 0 Å². The van der Waals surface area contributed by atoms with Gasteiger partial charge in [-0.15, -0.1) is 0 Å². The van der Waals surface area contributed by atoms with Crippen molar-refractivity contribution in [3.05, 3.63) is 0 Å². The molecule has 0 aromatic carbocycles. The first-order valence-electron chi connectivity index (χ1n) is 5.83. The van der Waals surface area contributed by atoms with Gasteiger partial charge in [0.1, 0.15) is 0 Å². The van der Waals surface area contributed by atoms with E-state index in [1.807, 2.05) is 13.8 Å². The average molecular weight is 200 g/mol. The van der Waals surface area contributed by atoms with Crippen molar-refractivity contribution in [1.29, 1.82) is 0 Å². The highest BCUT2D eigenvalue weighted by atomic mass is 15.0. The lowest BCUT2D eigenvalue weighted by Crippen LogP contribution is -2.49. The van der Waals surface area contributed by atoms with Crippen molar-refractivity contribution in [2.75, 3.05) is 26.2 Å². The summed E-state index contributed by atoms with van der Waals surface area (Å²) in [5.74, 6) is 0. The molecule has 1 aliphatic rings. The lowest BCUT2D eigenvalue weighted by Gasteiger charge is -2.35. The third kappa shape index (κ3) is 5.61. The van der Waals surface area contributed by atoms with Crippen LogP contribution >= 0.6 is 0 Å². The molecule has 0 aromatic rings. The van der Waals surface area contributed by atoms with E-state index in [0.29, 0.717) is 10.8 Å². The van der Waals surface area contributed by atoms with E-state index in [0.717, 1.165) is 26.2 Å². The Labute approximate surface area is 89.9 Å². The van der Waals surface area contributed by atoms with Crippen LogP contribution < -0.4 is 10.6 Å². The predicted molar refractivity (Wildman–Crippen MR) is 64.6 cm³/mol. The fourth-order valence-electron chi connectivity index (χ4n) is 1.60. The normalized spacial score (nSPS) is 25.3. The molecule has 1 saturated heterocycles. The first-order valence-corrected chi connectivity index (χ1v) is 5.83. The zero-order valence-corrected chi connectivity index (χ0v) is 10.8. The molecule has 86 valence electrons. The van der Waals surface area contributed by atoms with Gasteiger partial charge in [-0.05, 0) is 10.8 Å². The largest absolute Gasteiger partial charge is 0.316 e. The van der Waals surface area contributed by atoms with E-state index in [4.69, 9.17) is 0 Å². The zero-order chi connectivity index (χ0) is 11.2. The minimum atomic E-state index is 0.399. The topological polar surface area (TPSA) is 24.1 Å². The van der Waals surface area contributed by atoms with Crippen molar-refractivity contribution in [3.8, 4) is 0 Å². The second kappa shape index (κ2) is 5.72. The Bertz CT molecular complexity index is 120. The molecule has 0 atom stereocenters. The molecule has 0 aromatic heterocycles. The Morgan fingerprint density at radius 3 is 1.07 bits per heavy atom. The molecule has 0 spiro atoms. The first-order chi connectivity index (χ1) is 6.41. The summed E-state index contributed by atoms with van der Waals surface area (Å²) in [6.07, 6.45) is 0. The number of hydrogen-bond donors (Lipinski definition) is 2. The third-order valence-corrected chi connectivity index (χ3v) is 2.41. The Morgan fingerprint density at radius 2 is 0.857 bits per heavy atom. The summed E-state index contributed by atoms with van der Waals surface area (Å²) in [5, 5.41) is 7.06. The highest BCUT2D eigenvalue weighted by Gasteiger charge is 2.25. The highest BCUT2D eigenvalue weighted by molar-refractivity contribution is 4.83. The van der Waals surface area contributed by atoms with Crippen LogP contribution in [-0.4, -0.2) is 26.2 Å². The molecule has 2 nitrogen and oxygen atoms in total. The van der Waals surface area contributed by atoms with Crippen LogP contribution in [-0.2, 0) is 0 Å². The third-order valence-electron chi connectivity index (χ3n) is 2.41. The van der Waals surface area contributed by atoms with Gasteiger partial charge in [-0.2, -0.15) is 0 Å². The van der Waals surface area contributed by atoms with Crippen LogP contribution in [0.3, 0.4) is 0 Å². The van der Waals surface area contributed by atoms with Crippen LogP contribution in [0.4, 0.5) is 0 Å². The molecule has 2 N–H and O–H groups in total. The molecular formula is C12H28N2. The Morgan fingerprint density at radius 1 is 0.643 bits per heavy atom. The predicted octanol–water partition coefficient (Wildman–Crippen LogP) is 2.26. The van der Waals surface area contributed by atoms with Crippen LogP contribution in [0, 0.1) is 10.8 Å². The molecule has 0 saturated carbocycles. The van der Waals surface area contributed by atoms with Crippen molar-refractivity contribution in [3.63, 3.8) is 0 Å². The average Bonchev–Trinajstić information content (AvgIpc) is 2.04. The van der Waals surface area contributed by atoms with Crippen molar-refractivity contribution >= 4 is 0 Å². The standard InChI is InChI=1S/C10H22N2.C2H6/c1-9(2)5-11-7-10(3,4)8-12-6-9;1-2/h11-12H,5-8H2,1-4H3;1-2H3. The SMILES string of the molecule is CC.CC1(C)CNCC(C)(C)CNC1. The molecule has 2 heteroatoms. The van der Waals surface area contributed by atoms with E-state index in [-0.39, 0.29) is 0 Å². The summed E-state index contributed by atoms with van der Waals surface area (Å²) in [4.78, 5) is 0. The summed E-state index contributed by atoms with van der Waals surface area (Å²) in [5.41, 5.74) is 0.799. The van der Waals surface area contributed by atoms with Crippen LogP contribution in [0.2, 0.25) is 0 Å². The maximum absolute atomic E-state index is 3.53. The minimum absolute atomic E-state index is 0.399. The Kier molecular flexibility index (Phi) is 5.68. The lowest BCUT2D eigenvalue weighted by atomic mass is 9.87. The van der Waals surface area contributed by atoms with E-state index in [2.05, 4.69) is 38.3 Å². The van der Waals surface area contributed by atoms with Crippen LogP contribution in [0.1, 0.15) is 41.5 Å². The molecule has 1 heterocycles. The van der Waals surface area contributed by atoms with E-state index < -0.39 is 0 Å². The van der Waals surface area contributed by atoms with Crippen molar-refractivity contribution in [2.45, 2.75) is 41.5 Å². The van der Waals surface area contributed by atoms with Gasteiger partial charge >= 0.3 is 0 Å². The minimum Gasteiger partial charge on any atom is -0.316 e. The number of rotatable bonds is 0. The van der Waals surface area contributed by atoms with Gasteiger partial charge in [-0.25, -0.2) is 0 Å². The van der Waals surface area contributed by atoms with Crippen LogP contribution in [0.15, 0.2) is 0 Å². The van der Waals surface area contributed by atoms with E-state index >= 15 is 0 Å². The monoisotopic (exact) mass is 200 g/mol. The molecule has 1 aliphatic heterocycles. The van der Waals surface area contributed by atoms with Gasteiger partial charge in [0.25, 0.3) is 0 Å². The summed E-state index contributed by atoms with van der Waals surface area (Å²) in [6, 6.07) is 0. The molecule has 1 fully saturated rings. The molecule has 1 rings (SSSR count). The summed E-state index contributed by atoms with van der Waals surface area (Å²) in [6.45, 7) is 17.6. The van der Waals surface area contributed by atoms with Gasteiger partial charge in [0.15, 0.2) is 0 Å². The molecule has 0 bridgehead atoms. The lowest BCUT2D eigenvalue weighted by molar-refractivity contribution is 0.226. The molecule has 0 aliphatic carbocycles. The van der Waals surface area contributed by atoms with Gasteiger partial charge in [-0.1, -0.05) is 41.5 Å². The molecular weight excluding hydrogens is 172 g/mol. The zero-order valence-electron chi connectivity index (χ0n) is 10.8. The van der Waals surface area contributed by atoms with Gasteiger partial charge in [0, 0.05) is 26.2 Å². The first kappa shape index (κ1) is 13.9. The van der Waals surface area contributed by atoms with Crippen molar-refractivity contribution in [1.82, 2.24) is 10.6 Å². The Hall–Kier alpha value is -0.0800. The fourth-order valence-corrected chi connectivity index (χ4v) is 1.60. The van der Waals surface area contributed by atoms with Crippen molar-refractivity contribution in [2.24, 2.45) is 10.8 Å². The van der Waals surface area contributed by atoms with Crippen LogP contribution in [0.5, 0.6) is 0 Å². The maximum atomic E-state index is 3.53. The second-order valence-corrected chi connectivity index (χ2v) is 5.54. The molecule has 0 amide bonds. The smallest absolute Gasteiger partial charge is 0.00149 e. The highest BCUT2D eigenvalue weighted by Crippen LogP contribution is 2.18.